The van der Waals surface area contributed by atoms with Crippen molar-refractivity contribution in [3.05, 3.63) is 69.1 Å². The zero-order valence-corrected chi connectivity index (χ0v) is 27.4. The number of rotatable bonds is 9. The minimum atomic E-state index is -3.87. The van der Waals surface area contributed by atoms with Gasteiger partial charge in [0.15, 0.2) is 0 Å². The summed E-state index contributed by atoms with van der Waals surface area (Å²) in [6.45, 7) is 1.83. The molecule has 2 unspecified atom stereocenters. The minimum absolute atomic E-state index is 0.0728. The molecule has 4 aliphatic rings. The van der Waals surface area contributed by atoms with E-state index in [1.54, 1.807) is 30.0 Å². The van der Waals surface area contributed by atoms with E-state index in [4.69, 9.17) is 32.5 Å². The van der Waals surface area contributed by atoms with Gasteiger partial charge in [-0.1, -0.05) is 34.4 Å². The van der Waals surface area contributed by atoms with E-state index >= 15 is 0 Å². The Morgan fingerprint density at radius 1 is 1.09 bits per heavy atom. The summed E-state index contributed by atoms with van der Waals surface area (Å²) < 4.78 is 53.1. The SMILES string of the molecule is CC1(S(=O)(=O)NC(=O)c2ccc(F)c(NC(=O)N3C4CC[C@H]3CC(OCc3c(-c5c(Cl)cccc5Cl)noc3C3CC3)C4)c2)CC1. The molecule has 2 saturated heterocycles. The molecule has 14 heteroatoms. The summed E-state index contributed by atoms with van der Waals surface area (Å²) >= 11 is 13.0. The fraction of sp³-hybridized carbons (Fsp3) is 0.469. The van der Waals surface area contributed by atoms with Gasteiger partial charge in [-0.2, -0.15) is 0 Å². The molecule has 7 rings (SSSR count). The van der Waals surface area contributed by atoms with E-state index in [9.17, 15) is 22.4 Å². The highest BCUT2D eigenvalue weighted by molar-refractivity contribution is 7.91. The predicted octanol–water partition coefficient (Wildman–Crippen LogP) is 7.02. The summed E-state index contributed by atoms with van der Waals surface area (Å²) in [4.78, 5) is 27.9. The van der Waals surface area contributed by atoms with Crippen LogP contribution in [0.1, 0.15) is 85.9 Å². The third-order valence-electron chi connectivity index (χ3n) is 9.65. The quantitative estimate of drug-likeness (QED) is 0.247. The molecular weight excluding hydrogens is 658 g/mol. The molecule has 244 valence electrons. The Bertz CT molecular complexity index is 1790. The Labute approximate surface area is 276 Å². The Balaban J connectivity index is 1.01. The molecule has 2 aliphatic carbocycles. The topological polar surface area (TPSA) is 131 Å². The van der Waals surface area contributed by atoms with Gasteiger partial charge in [0.2, 0.25) is 10.0 Å². The fourth-order valence-electron chi connectivity index (χ4n) is 6.54. The first-order valence-corrected chi connectivity index (χ1v) is 17.7. The monoisotopic (exact) mass is 690 g/mol. The Morgan fingerprint density at radius 3 is 2.39 bits per heavy atom. The molecule has 3 amide bonds. The second-order valence-corrected chi connectivity index (χ2v) is 16.0. The number of hydrogen-bond donors (Lipinski definition) is 2. The Morgan fingerprint density at radius 2 is 1.76 bits per heavy atom. The number of ether oxygens (including phenoxy) is 1. The van der Waals surface area contributed by atoms with Crippen molar-refractivity contribution in [2.24, 2.45) is 0 Å². The van der Waals surface area contributed by atoms with Crippen LogP contribution in [0.15, 0.2) is 40.9 Å². The number of benzene rings is 2. The molecule has 3 aromatic rings. The van der Waals surface area contributed by atoms with Crippen molar-refractivity contribution >= 4 is 50.9 Å². The van der Waals surface area contributed by atoms with Crippen molar-refractivity contribution < 1.29 is 31.7 Å². The van der Waals surface area contributed by atoms with Crippen molar-refractivity contribution in [2.75, 3.05) is 5.32 Å². The maximum Gasteiger partial charge on any atom is 0.322 e. The fourth-order valence-corrected chi connectivity index (χ4v) is 8.36. The third kappa shape index (κ3) is 5.89. The molecule has 2 saturated carbocycles. The molecule has 2 N–H and O–H groups in total. The van der Waals surface area contributed by atoms with E-state index in [2.05, 4.69) is 15.2 Å². The number of sulfonamides is 1. The number of nitrogens with zero attached hydrogens (tertiary/aromatic N) is 2. The highest BCUT2D eigenvalue weighted by Gasteiger charge is 2.51. The van der Waals surface area contributed by atoms with Gasteiger partial charge in [0.05, 0.1) is 33.2 Å². The second-order valence-electron chi connectivity index (χ2n) is 13.0. The van der Waals surface area contributed by atoms with Crippen molar-refractivity contribution in [3.8, 4) is 11.3 Å². The summed E-state index contributed by atoms with van der Waals surface area (Å²) in [5.74, 6) is -0.525. The second kappa shape index (κ2) is 11.8. The zero-order valence-electron chi connectivity index (χ0n) is 25.0. The largest absolute Gasteiger partial charge is 0.373 e. The number of carbonyl (C=O) groups excluding carboxylic acids is 2. The highest BCUT2D eigenvalue weighted by atomic mass is 35.5. The normalized spacial score (nSPS) is 23.3. The van der Waals surface area contributed by atoms with E-state index in [1.807, 2.05) is 0 Å². The van der Waals surface area contributed by atoms with E-state index in [1.165, 1.54) is 6.07 Å². The Kier molecular flexibility index (Phi) is 8.06. The minimum Gasteiger partial charge on any atom is -0.373 e. The van der Waals surface area contributed by atoms with Gasteiger partial charge in [-0.05, 0) is 88.6 Å². The van der Waals surface area contributed by atoms with Crippen LogP contribution in [0.2, 0.25) is 10.0 Å². The number of hydrogen-bond acceptors (Lipinski definition) is 7. The van der Waals surface area contributed by atoms with Gasteiger partial charge in [0, 0.05) is 34.7 Å². The first-order chi connectivity index (χ1) is 21.9. The van der Waals surface area contributed by atoms with Crippen molar-refractivity contribution in [3.63, 3.8) is 0 Å². The number of halogens is 3. The van der Waals surface area contributed by atoms with Gasteiger partial charge in [0.1, 0.15) is 17.3 Å². The van der Waals surface area contributed by atoms with Crippen LogP contribution in [0.3, 0.4) is 0 Å². The lowest BCUT2D eigenvalue weighted by Gasteiger charge is -2.38. The zero-order chi connectivity index (χ0) is 32.4. The highest BCUT2D eigenvalue weighted by Crippen LogP contribution is 2.47. The number of urea groups is 1. The van der Waals surface area contributed by atoms with E-state index in [-0.39, 0.29) is 36.0 Å². The van der Waals surface area contributed by atoms with Gasteiger partial charge in [-0.25, -0.2) is 22.3 Å². The number of carbonyl (C=O) groups is 2. The molecule has 0 radical (unpaired) electrons. The summed E-state index contributed by atoms with van der Waals surface area (Å²) in [6, 6.07) is 7.95. The molecule has 2 aliphatic heterocycles. The van der Waals surface area contributed by atoms with Gasteiger partial charge >= 0.3 is 6.03 Å². The van der Waals surface area contributed by atoms with Crippen LogP contribution in [0.25, 0.3) is 11.3 Å². The lowest BCUT2D eigenvalue weighted by Crippen LogP contribution is -2.50. The van der Waals surface area contributed by atoms with Gasteiger partial charge in [-0.15, -0.1) is 0 Å². The molecule has 0 spiro atoms. The number of fused-ring (bicyclic) bond motifs is 2. The first-order valence-electron chi connectivity index (χ1n) is 15.4. The Hall–Kier alpha value is -3.19. The maximum atomic E-state index is 14.8. The van der Waals surface area contributed by atoms with Crippen LogP contribution >= 0.6 is 23.2 Å². The van der Waals surface area contributed by atoms with Gasteiger partial charge in [0.25, 0.3) is 5.91 Å². The van der Waals surface area contributed by atoms with Crippen LogP contribution < -0.4 is 10.0 Å². The van der Waals surface area contributed by atoms with Crippen LogP contribution in [0.4, 0.5) is 14.9 Å². The smallest absolute Gasteiger partial charge is 0.322 e. The van der Waals surface area contributed by atoms with Crippen LogP contribution in [-0.2, 0) is 21.4 Å². The molecule has 10 nitrogen and oxygen atoms in total. The van der Waals surface area contributed by atoms with Crippen molar-refractivity contribution in [1.82, 2.24) is 14.8 Å². The lowest BCUT2D eigenvalue weighted by atomic mass is 9.99. The number of aromatic nitrogens is 1. The maximum absolute atomic E-state index is 14.8. The van der Waals surface area contributed by atoms with Gasteiger partial charge in [-0.3, -0.25) is 4.79 Å². The molecule has 2 bridgehead atoms. The molecule has 4 fully saturated rings. The summed E-state index contributed by atoms with van der Waals surface area (Å²) in [7, 11) is -3.87. The summed E-state index contributed by atoms with van der Waals surface area (Å²) in [6.07, 6.45) is 5.58. The van der Waals surface area contributed by atoms with Gasteiger partial charge < -0.3 is 19.5 Å². The number of anilines is 1. The average Bonchev–Trinajstić information content (AvgIpc) is 3.93. The number of amides is 3. The van der Waals surface area contributed by atoms with Crippen LogP contribution in [0.5, 0.6) is 0 Å². The summed E-state index contributed by atoms with van der Waals surface area (Å²) in [5.41, 5.74) is 1.75. The molecule has 46 heavy (non-hydrogen) atoms. The number of nitrogens with one attached hydrogen (secondary N) is 2. The lowest BCUT2D eigenvalue weighted by molar-refractivity contribution is -0.0158. The predicted molar refractivity (Wildman–Crippen MR) is 170 cm³/mol. The standard InChI is InChI=1S/C32H33Cl2FN4O6S/c1-32(11-12-32)46(42,43)38-30(40)18-7-10-25(35)26(13-18)36-31(41)39-19-8-9-20(39)15-21(14-19)44-16-22-28(37-45-29(22)17-5-6-17)27-23(33)3-2-4-24(27)34/h2-4,7,10,13,17,19-21H,5-6,8-9,11-12,14-16H2,1H3,(H,36,41)(H,38,40)/t19-,20?,21?/m0/s1. The van der Waals surface area contributed by atoms with Crippen LogP contribution in [0, 0.1) is 5.82 Å². The average molecular weight is 692 g/mol. The number of piperidine rings is 1. The summed E-state index contributed by atoms with van der Waals surface area (Å²) in [5, 5.41) is 7.89. The van der Waals surface area contributed by atoms with E-state index < -0.39 is 32.5 Å². The molecule has 1 aromatic heterocycles. The third-order valence-corrected chi connectivity index (χ3v) is 12.4. The van der Waals surface area contributed by atoms with E-state index in [0.717, 1.165) is 49.1 Å². The van der Waals surface area contributed by atoms with Crippen molar-refractivity contribution in [2.45, 2.75) is 93.7 Å². The molecule has 3 heterocycles. The van der Waals surface area contributed by atoms with Crippen molar-refractivity contribution in [1.29, 1.82) is 0 Å². The molecule has 2 aromatic carbocycles. The first kappa shape index (κ1) is 31.4. The molecular formula is C32H33Cl2FN4O6S. The van der Waals surface area contributed by atoms with Crippen LogP contribution in [-0.4, -0.2) is 53.3 Å². The molecule has 3 atom stereocenters. The van der Waals surface area contributed by atoms with E-state index in [0.29, 0.717) is 52.9 Å².